The number of piperidine rings is 5. The molecule has 11 unspecified atom stereocenters. The molecule has 10 nitrogen and oxygen atoms in total. The van der Waals surface area contributed by atoms with Crippen LogP contribution in [0.1, 0.15) is 149 Å². The first-order valence-electron chi connectivity index (χ1n) is 21.9. The number of hydrogen-bond donors (Lipinski definition) is 4. The Kier molecular flexibility index (Phi) is 13.5. The van der Waals surface area contributed by atoms with E-state index in [0.717, 1.165) is 70.1 Å². The van der Waals surface area contributed by atoms with Gasteiger partial charge in [-0.2, -0.15) is 9.90 Å². The summed E-state index contributed by atoms with van der Waals surface area (Å²) < 4.78 is 5.54. The zero-order valence-corrected chi connectivity index (χ0v) is 36.7. The van der Waals surface area contributed by atoms with E-state index in [2.05, 4.69) is 53.1 Å². The molecule has 0 aliphatic carbocycles. The predicted molar refractivity (Wildman–Crippen MR) is 221 cm³/mol. The van der Waals surface area contributed by atoms with Gasteiger partial charge in [0.2, 0.25) is 0 Å². The third-order valence-corrected chi connectivity index (χ3v) is 16.0. The summed E-state index contributed by atoms with van der Waals surface area (Å²) in [5.74, 6) is 0.477. The Hall–Kier alpha value is -0.260. The molecule has 11 saturated heterocycles. The summed E-state index contributed by atoms with van der Waals surface area (Å²) in [7, 11) is 8.81. The van der Waals surface area contributed by atoms with Gasteiger partial charge in [-0.1, -0.05) is 0 Å². The van der Waals surface area contributed by atoms with Crippen molar-refractivity contribution in [3.05, 3.63) is 0 Å². The number of nitrogens with zero attached hydrogens (tertiary/aromatic N) is 4. The van der Waals surface area contributed by atoms with Gasteiger partial charge >= 0.3 is 0 Å². The summed E-state index contributed by atoms with van der Waals surface area (Å²) in [6.07, 6.45) is 23.0. The molecule has 0 aromatic carbocycles. The number of carbonyl (C=O) groups is 1. The number of ketones is 1. The van der Waals surface area contributed by atoms with Gasteiger partial charge in [-0.15, -0.1) is 0 Å². The minimum Gasteiger partial charge on any atom is -0.390 e. The topological polar surface area (TPSA) is 115 Å². The number of fused-ring (bicyclic) bond motifs is 10. The SMILES string of the molecule is CC1(O)CC2CCC(C1)N2.CN1C2CCC1CC(=O)C2.CN1C2CCC1CC(C)(O)C2.CN1C2CCC1CC(C)(O)C2.CN1C2CCC1CC1(CO1)C2.P. The van der Waals surface area contributed by atoms with E-state index in [0.29, 0.717) is 59.7 Å². The minimum atomic E-state index is -0.378. The molecule has 11 aliphatic heterocycles. The van der Waals surface area contributed by atoms with Crippen molar-refractivity contribution in [1.29, 1.82) is 0 Å². The summed E-state index contributed by atoms with van der Waals surface area (Å²) in [5.41, 5.74) is -0.758. The van der Waals surface area contributed by atoms with Gasteiger partial charge in [0.1, 0.15) is 5.78 Å². The molecule has 11 fully saturated rings. The Morgan fingerprint density at radius 3 is 1.11 bits per heavy atom. The van der Waals surface area contributed by atoms with Crippen molar-refractivity contribution in [2.75, 3.05) is 34.8 Å². The molecule has 0 aromatic rings. The van der Waals surface area contributed by atoms with E-state index in [-0.39, 0.29) is 26.7 Å². The Labute approximate surface area is 331 Å². The van der Waals surface area contributed by atoms with Crippen molar-refractivity contribution in [3.63, 3.8) is 0 Å². The lowest BCUT2D eigenvalue weighted by atomic mass is 9.88. The fourth-order valence-electron chi connectivity index (χ4n) is 12.8. The van der Waals surface area contributed by atoms with Gasteiger partial charge in [-0.25, -0.2) is 0 Å². The van der Waals surface area contributed by atoms with Crippen LogP contribution >= 0.6 is 9.90 Å². The van der Waals surface area contributed by atoms with Crippen LogP contribution < -0.4 is 5.32 Å². The average molecular weight is 778 g/mol. The summed E-state index contributed by atoms with van der Waals surface area (Å²) in [4.78, 5) is 20.9. The summed E-state index contributed by atoms with van der Waals surface area (Å²) >= 11 is 0. The molecule has 11 rings (SSSR count). The van der Waals surface area contributed by atoms with Gasteiger partial charge in [-0.3, -0.25) is 9.69 Å². The zero-order chi connectivity index (χ0) is 37.9. The van der Waals surface area contributed by atoms with Gasteiger partial charge in [-0.05, 0) is 165 Å². The van der Waals surface area contributed by atoms with Crippen LogP contribution in [0, 0.1) is 0 Å². The minimum absolute atomic E-state index is 0. The van der Waals surface area contributed by atoms with E-state index in [9.17, 15) is 20.1 Å². The molecule has 11 aliphatic rings. The molecule has 11 heterocycles. The first kappa shape index (κ1) is 43.3. The van der Waals surface area contributed by atoms with Crippen LogP contribution in [-0.2, 0) is 9.53 Å². The fraction of sp³-hybridized carbons (Fsp3) is 0.977. The highest BCUT2D eigenvalue weighted by molar-refractivity contribution is 6.92. The first-order chi connectivity index (χ1) is 24.9. The fourth-order valence-corrected chi connectivity index (χ4v) is 12.8. The second kappa shape index (κ2) is 16.8. The van der Waals surface area contributed by atoms with Crippen LogP contribution in [0.15, 0.2) is 0 Å². The molecule has 4 N–H and O–H groups in total. The molecular formula is C43H80N5O5P. The molecule has 312 valence electrons. The number of Topliss-reactive ketones (excluding diaryl/α,β-unsaturated/α-hetero) is 1. The Balaban J connectivity index is 0.000000115. The third-order valence-electron chi connectivity index (χ3n) is 16.0. The number of epoxide rings is 1. The van der Waals surface area contributed by atoms with E-state index in [1.807, 2.05) is 20.8 Å². The highest BCUT2D eigenvalue weighted by atomic mass is 31.0. The van der Waals surface area contributed by atoms with Gasteiger partial charge in [0, 0.05) is 73.3 Å². The molecule has 54 heavy (non-hydrogen) atoms. The number of ether oxygens (including phenoxy) is 1. The number of carbonyl (C=O) groups excluding carboxylic acids is 1. The largest absolute Gasteiger partial charge is 0.390 e. The standard InChI is InChI=1S/C9H15NO.2C9H17NO.C8H13NO.C8H15NO.H3P/c1-10-7-2-3-8(10)5-9(4-7)6-11-9;2*1-9(11)5-7-3-4-8(6-9)10(7)2;1-9-6-2-3-7(9)5-8(10)4-6;1-8(10)4-6-2-3-7(5-8)9-6;/h7-8H,2-6H2,1H3;2*7-8,11H,3-6H2,1-2H3;6-7H,2-5H2,1H3;6-7,9-10H,2-5H2,1H3;1H3. The molecule has 11 heteroatoms. The van der Waals surface area contributed by atoms with E-state index >= 15 is 0 Å². The van der Waals surface area contributed by atoms with E-state index in [1.165, 1.54) is 77.0 Å². The zero-order valence-electron chi connectivity index (χ0n) is 35.3. The molecule has 0 radical (unpaired) electrons. The Bertz CT molecular complexity index is 1130. The normalized spacial score (nSPS) is 49.7. The van der Waals surface area contributed by atoms with Crippen molar-refractivity contribution >= 4 is 15.7 Å². The highest BCUT2D eigenvalue weighted by Gasteiger charge is 2.55. The maximum atomic E-state index is 11.0. The van der Waals surface area contributed by atoms with Gasteiger partial charge in [0.25, 0.3) is 0 Å². The highest BCUT2D eigenvalue weighted by Crippen LogP contribution is 2.48. The van der Waals surface area contributed by atoms with E-state index in [1.54, 1.807) is 0 Å². The number of rotatable bonds is 0. The molecule has 0 aromatic heterocycles. The quantitative estimate of drug-likeness (QED) is 0.207. The molecule has 0 saturated carbocycles. The molecule has 10 bridgehead atoms. The average Bonchev–Trinajstić information content (AvgIpc) is 3.41. The van der Waals surface area contributed by atoms with Crippen molar-refractivity contribution in [2.45, 2.75) is 232 Å². The van der Waals surface area contributed by atoms with Crippen LogP contribution in [0.25, 0.3) is 0 Å². The third kappa shape index (κ3) is 10.3. The summed E-state index contributed by atoms with van der Waals surface area (Å²) in [6.45, 7) is 6.96. The maximum Gasteiger partial charge on any atom is 0.136 e. The summed E-state index contributed by atoms with van der Waals surface area (Å²) in [5, 5.41) is 32.9. The van der Waals surface area contributed by atoms with E-state index < -0.39 is 0 Å². The second-order valence-corrected chi connectivity index (χ2v) is 20.9. The predicted octanol–water partition coefficient (Wildman–Crippen LogP) is 4.52. The Morgan fingerprint density at radius 2 is 0.778 bits per heavy atom. The Morgan fingerprint density at radius 1 is 0.500 bits per heavy atom. The second-order valence-electron chi connectivity index (χ2n) is 20.9. The van der Waals surface area contributed by atoms with Crippen LogP contribution in [0.3, 0.4) is 0 Å². The lowest BCUT2D eigenvalue weighted by Crippen LogP contribution is -2.47. The lowest BCUT2D eigenvalue weighted by Gasteiger charge is -2.40. The summed E-state index contributed by atoms with van der Waals surface area (Å²) in [6, 6.07) is 6.70. The number of aliphatic hydroxyl groups is 3. The number of hydrogen-bond acceptors (Lipinski definition) is 10. The smallest absolute Gasteiger partial charge is 0.136 e. The maximum absolute atomic E-state index is 11.0. The van der Waals surface area contributed by atoms with E-state index in [4.69, 9.17) is 4.74 Å². The number of nitrogens with one attached hydrogen (secondary N) is 1. The van der Waals surface area contributed by atoms with Gasteiger partial charge < -0.3 is 40.1 Å². The van der Waals surface area contributed by atoms with Crippen LogP contribution in [0.4, 0.5) is 0 Å². The molecule has 11 atom stereocenters. The van der Waals surface area contributed by atoms with Crippen molar-refractivity contribution in [3.8, 4) is 0 Å². The van der Waals surface area contributed by atoms with Gasteiger partial charge in [0.15, 0.2) is 0 Å². The van der Waals surface area contributed by atoms with Crippen molar-refractivity contribution < 1.29 is 24.9 Å². The monoisotopic (exact) mass is 778 g/mol. The lowest BCUT2D eigenvalue weighted by molar-refractivity contribution is -0.123. The van der Waals surface area contributed by atoms with Crippen LogP contribution in [-0.4, -0.2) is 158 Å². The van der Waals surface area contributed by atoms with Crippen LogP contribution in [0.2, 0.25) is 0 Å². The van der Waals surface area contributed by atoms with Gasteiger partial charge in [0.05, 0.1) is 29.0 Å². The van der Waals surface area contributed by atoms with Crippen molar-refractivity contribution in [2.24, 2.45) is 0 Å². The van der Waals surface area contributed by atoms with Crippen molar-refractivity contribution in [1.82, 2.24) is 24.9 Å². The molecule has 1 spiro atoms. The molecular weight excluding hydrogens is 697 g/mol. The van der Waals surface area contributed by atoms with Crippen LogP contribution in [0.5, 0.6) is 0 Å². The first-order valence-corrected chi connectivity index (χ1v) is 21.9. The molecule has 0 amide bonds.